The van der Waals surface area contributed by atoms with Gasteiger partial charge in [-0.25, -0.2) is 23.7 Å². The largest absolute Gasteiger partial charge is 0.322 e. The van der Waals surface area contributed by atoms with Crippen LogP contribution >= 0.6 is 0 Å². The first-order valence-corrected chi connectivity index (χ1v) is 5.88. The second-order valence-electron chi connectivity index (χ2n) is 3.14. The normalized spacial score (nSPS) is 12.1. The van der Waals surface area contributed by atoms with Crippen LogP contribution in [0.25, 0.3) is 0 Å². The summed E-state index contributed by atoms with van der Waals surface area (Å²) in [6.07, 6.45) is 3.08. The first-order chi connectivity index (χ1) is 8.16. The first kappa shape index (κ1) is 11.6. The predicted molar refractivity (Wildman–Crippen MR) is 62.3 cm³/mol. The van der Waals surface area contributed by atoms with Gasteiger partial charge in [0.1, 0.15) is 16.8 Å². The standard InChI is InChI=1S/C10H9FN4OS/c11-8-6-7(17(12)16)2-3-9(8)15-10-13-4-1-5-14-10/h1-6H,12H2,(H,13,14,15). The van der Waals surface area contributed by atoms with Crippen LogP contribution in [0.5, 0.6) is 0 Å². The molecule has 0 aliphatic rings. The van der Waals surface area contributed by atoms with Crippen LogP contribution in [0.1, 0.15) is 0 Å². The summed E-state index contributed by atoms with van der Waals surface area (Å²) < 4.78 is 24.5. The van der Waals surface area contributed by atoms with Gasteiger partial charge in [-0.2, -0.15) is 0 Å². The van der Waals surface area contributed by atoms with Crippen LogP contribution in [0.3, 0.4) is 0 Å². The Bertz CT molecular complexity index is 549. The van der Waals surface area contributed by atoms with Crippen LogP contribution in [0.2, 0.25) is 0 Å². The van der Waals surface area contributed by atoms with E-state index in [1.807, 2.05) is 0 Å². The molecule has 1 atom stereocenters. The Kier molecular flexibility index (Phi) is 3.40. The lowest BCUT2D eigenvalue weighted by Crippen LogP contribution is -2.04. The van der Waals surface area contributed by atoms with Gasteiger partial charge in [0.05, 0.1) is 10.6 Å². The van der Waals surface area contributed by atoms with E-state index in [0.717, 1.165) is 6.07 Å². The molecule has 88 valence electrons. The highest BCUT2D eigenvalue weighted by Gasteiger charge is 2.07. The quantitative estimate of drug-likeness (QED) is 0.863. The van der Waals surface area contributed by atoms with E-state index < -0.39 is 16.8 Å². The molecule has 1 unspecified atom stereocenters. The van der Waals surface area contributed by atoms with Crippen molar-refractivity contribution in [2.75, 3.05) is 5.32 Å². The Labute approximate surface area is 99.5 Å². The smallest absolute Gasteiger partial charge is 0.227 e. The molecule has 0 saturated carbocycles. The number of hydrogen-bond donors (Lipinski definition) is 2. The summed E-state index contributed by atoms with van der Waals surface area (Å²) in [5.74, 6) is -0.276. The Morgan fingerprint density at radius 2 is 2.00 bits per heavy atom. The Morgan fingerprint density at radius 1 is 1.29 bits per heavy atom. The van der Waals surface area contributed by atoms with Crippen LogP contribution in [-0.2, 0) is 11.0 Å². The van der Waals surface area contributed by atoms with Gasteiger partial charge in [-0.3, -0.25) is 0 Å². The molecule has 5 nitrogen and oxygen atoms in total. The number of halogens is 1. The average molecular weight is 252 g/mol. The van der Waals surface area contributed by atoms with Crippen molar-refractivity contribution >= 4 is 22.6 Å². The number of nitrogens with one attached hydrogen (secondary N) is 1. The maximum Gasteiger partial charge on any atom is 0.227 e. The van der Waals surface area contributed by atoms with E-state index >= 15 is 0 Å². The van der Waals surface area contributed by atoms with Crippen molar-refractivity contribution < 1.29 is 8.60 Å². The average Bonchev–Trinajstić information content (AvgIpc) is 2.33. The van der Waals surface area contributed by atoms with Crippen LogP contribution in [0.15, 0.2) is 41.6 Å². The van der Waals surface area contributed by atoms with Crippen LogP contribution in [0, 0.1) is 5.82 Å². The summed E-state index contributed by atoms with van der Waals surface area (Å²) >= 11 is 0. The number of benzene rings is 1. The van der Waals surface area contributed by atoms with Crippen molar-refractivity contribution in [2.24, 2.45) is 5.14 Å². The van der Waals surface area contributed by atoms with Crippen molar-refractivity contribution in [3.8, 4) is 0 Å². The molecule has 2 aromatic rings. The minimum absolute atomic E-state index is 0.199. The van der Waals surface area contributed by atoms with Crippen molar-refractivity contribution in [3.63, 3.8) is 0 Å². The highest BCUT2D eigenvalue weighted by atomic mass is 32.2. The SMILES string of the molecule is NS(=O)c1ccc(Nc2ncccn2)c(F)c1. The van der Waals surface area contributed by atoms with Gasteiger partial charge in [0.2, 0.25) is 5.95 Å². The van der Waals surface area contributed by atoms with E-state index in [2.05, 4.69) is 15.3 Å². The van der Waals surface area contributed by atoms with Crippen molar-refractivity contribution in [2.45, 2.75) is 4.90 Å². The first-order valence-electron chi connectivity index (χ1n) is 4.66. The van der Waals surface area contributed by atoms with E-state index in [1.165, 1.54) is 24.5 Å². The van der Waals surface area contributed by atoms with Crippen LogP contribution < -0.4 is 10.5 Å². The van der Waals surface area contributed by atoms with E-state index in [4.69, 9.17) is 5.14 Å². The third-order valence-corrected chi connectivity index (χ3v) is 2.70. The van der Waals surface area contributed by atoms with Gasteiger partial charge < -0.3 is 5.32 Å². The molecule has 0 amide bonds. The van der Waals surface area contributed by atoms with Crippen molar-refractivity contribution in [1.29, 1.82) is 0 Å². The Hall–Kier alpha value is -1.86. The molecule has 0 radical (unpaired) electrons. The summed E-state index contributed by atoms with van der Waals surface area (Å²) in [6, 6.07) is 5.68. The van der Waals surface area contributed by atoms with Gasteiger partial charge in [-0.05, 0) is 24.3 Å². The van der Waals surface area contributed by atoms with Crippen molar-refractivity contribution in [1.82, 2.24) is 9.97 Å². The molecule has 0 aliphatic carbocycles. The van der Waals surface area contributed by atoms with Gasteiger partial charge >= 0.3 is 0 Å². The Morgan fingerprint density at radius 3 is 2.59 bits per heavy atom. The minimum atomic E-state index is -1.69. The van der Waals surface area contributed by atoms with Gasteiger partial charge in [0.25, 0.3) is 0 Å². The van der Waals surface area contributed by atoms with Gasteiger partial charge in [0, 0.05) is 12.4 Å². The lowest BCUT2D eigenvalue weighted by molar-refractivity contribution is 0.626. The highest BCUT2D eigenvalue weighted by Crippen LogP contribution is 2.19. The number of nitrogens with zero attached hydrogens (tertiary/aromatic N) is 2. The van der Waals surface area contributed by atoms with E-state index in [1.54, 1.807) is 6.07 Å². The molecule has 0 spiro atoms. The molecule has 1 heterocycles. The van der Waals surface area contributed by atoms with E-state index in [0.29, 0.717) is 0 Å². The van der Waals surface area contributed by atoms with Crippen molar-refractivity contribution in [3.05, 3.63) is 42.5 Å². The van der Waals surface area contributed by atoms with Gasteiger partial charge in [0.15, 0.2) is 0 Å². The number of anilines is 2. The zero-order chi connectivity index (χ0) is 12.3. The summed E-state index contributed by atoms with van der Waals surface area (Å²) in [4.78, 5) is 8.02. The molecule has 0 fully saturated rings. The number of aromatic nitrogens is 2. The highest BCUT2D eigenvalue weighted by molar-refractivity contribution is 7.82. The second-order valence-corrected chi connectivity index (χ2v) is 4.20. The molecular weight excluding hydrogens is 243 g/mol. The molecule has 2 rings (SSSR count). The maximum absolute atomic E-state index is 13.6. The summed E-state index contributed by atoms with van der Waals surface area (Å²) in [5.41, 5.74) is 0.199. The molecule has 17 heavy (non-hydrogen) atoms. The fourth-order valence-corrected chi connectivity index (χ4v) is 1.63. The zero-order valence-corrected chi connectivity index (χ0v) is 9.45. The molecular formula is C10H9FN4OS. The zero-order valence-electron chi connectivity index (χ0n) is 8.63. The molecule has 1 aromatic heterocycles. The van der Waals surface area contributed by atoms with Crippen LogP contribution in [-0.4, -0.2) is 14.2 Å². The van der Waals surface area contributed by atoms with Gasteiger partial charge in [-0.15, -0.1) is 0 Å². The fraction of sp³-hybridized carbons (Fsp3) is 0. The predicted octanol–water partition coefficient (Wildman–Crippen LogP) is 1.34. The number of rotatable bonds is 3. The minimum Gasteiger partial charge on any atom is -0.322 e. The van der Waals surface area contributed by atoms with Crippen LogP contribution in [0.4, 0.5) is 16.0 Å². The maximum atomic E-state index is 13.6. The monoisotopic (exact) mass is 252 g/mol. The van der Waals surface area contributed by atoms with E-state index in [-0.39, 0.29) is 16.5 Å². The Balaban J connectivity index is 2.26. The topological polar surface area (TPSA) is 80.9 Å². The summed E-state index contributed by atoms with van der Waals surface area (Å²) in [5, 5.41) is 7.85. The number of nitrogens with two attached hydrogens (primary N) is 1. The lowest BCUT2D eigenvalue weighted by atomic mass is 10.3. The summed E-state index contributed by atoms with van der Waals surface area (Å²) in [7, 11) is -1.69. The molecule has 0 bridgehead atoms. The molecule has 7 heteroatoms. The molecule has 3 N–H and O–H groups in total. The summed E-state index contributed by atoms with van der Waals surface area (Å²) in [6.45, 7) is 0. The van der Waals surface area contributed by atoms with Gasteiger partial charge in [-0.1, -0.05) is 0 Å². The van der Waals surface area contributed by atoms with E-state index in [9.17, 15) is 8.60 Å². The fourth-order valence-electron chi connectivity index (χ4n) is 1.21. The molecule has 1 aromatic carbocycles. The number of hydrogen-bond acceptors (Lipinski definition) is 4. The third-order valence-electron chi connectivity index (χ3n) is 1.99. The third kappa shape index (κ3) is 2.83. The molecule has 0 aliphatic heterocycles. The molecule has 0 saturated heterocycles. The second kappa shape index (κ2) is 4.98. The lowest BCUT2D eigenvalue weighted by Gasteiger charge is -2.06.